The first-order chi connectivity index (χ1) is 18.5. The van der Waals surface area contributed by atoms with Crippen LogP contribution in [0.5, 0.6) is 0 Å². The van der Waals surface area contributed by atoms with E-state index >= 15 is 0 Å². The predicted octanol–water partition coefficient (Wildman–Crippen LogP) is 3.05. The molecule has 1 aromatic carbocycles. The number of amidine groups is 1. The minimum absolute atomic E-state index is 0.00571. The molecule has 192 valence electrons. The third-order valence-corrected chi connectivity index (χ3v) is 7.19. The lowest BCUT2D eigenvalue weighted by atomic mass is 10.1. The number of aromatic nitrogens is 4. The zero-order chi connectivity index (χ0) is 26.2. The molecule has 4 aromatic rings. The molecule has 2 aliphatic heterocycles. The highest BCUT2D eigenvalue weighted by Gasteiger charge is 2.30. The molecule has 38 heavy (non-hydrogen) atoms. The van der Waals surface area contributed by atoms with Gasteiger partial charge < -0.3 is 10.0 Å². The standard InChI is InChI=1S/C28H27N7O3/c1-32-14-3-13-29-25(32)18-33-15-11-22(17-33)35-26-24(4-2-12-30-26)34(28(35)38)21-9-10-23(31-16-21)19-5-7-20(8-6-19)27(36)37/h2-10,12-13,16,22H,11,14-15,17-18H2,1H3,(H,36,37). The summed E-state index contributed by atoms with van der Waals surface area (Å²) in [5.41, 5.74) is 3.62. The lowest BCUT2D eigenvalue weighted by Crippen LogP contribution is -2.39. The quantitative estimate of drug-likeness (QED) is 0.426. The number of aromatic carboxylic acids is 1. The topological polar surface area (TPSA) is 109 Å². The van der Waals surface area contributed by atoms with Crippen molar-refractivity contribution < 1.29 is 9.90 Å². The first-order valence-electron chi connectivity index (χ1n) is 12.5. The molecular formula is C28H27N7O3. The number of likely N-dealkylation sites (N-methyl/N-ethyl adjacent to an activating group) is 1. The third kappa shape index (κ3) is 4.28. The number of carbonyl (C=O) groups is 1. The summed E-state index contributed by atoms with van der Waals surface area (Å²) in [7, 11) is 2.04. The van der Waals surface area contributed by atoms with Gasteiger partial charge in [-0.2, -0.15) is 0 Å². The lowest BCUT2D eigenvalue weighted by Gasteiger charge is -2.25. The number of fused-ring (bicyclic) bond motifs is 1. The highest BCUT2D eigenvalue weighted by Crippen LogP contribution is 2.26. The molecule has 0 aliphatic carbocycles. The number of hydrogen-bond donors (Lipinski definition) is 1. The van der Waals surface area contributed by atoms with Crippen LogP contribution in [0, 0.1) is 0 Å². The minimum Gasteiger partial charge on any atom is -0.478 e. The van der Waals surface area contributed by atoms with Crippen LogP contribution < -0.4 is 5.69 Å². The van der Waals surface area contributed by atoms with E-state index in [9.17, 15) is 9.59 Å². The number of pyridine rings is 2. The van der Waals surface area contributed by atoms with E-state index in [4.69, 9.17) is 5.11 Å². The Balaban J connectivity index is 1.30. The van der Waals surface area contributed by atoms with E-state index in [1.165, 1.54) is 0 Å². The van der Waals surface area contributed by atoms with E-state index in [0.29, 0.717) is 17.0 Å². The number of benzene rings is 1. The molecule has 0 spiro atoms. The molecular weight excluding hydrogens is 482 g/mol. The Bertz CT molecular complexity index is 1620. The fourth-order valence-corrected chi connectivity index (χ4v) is 5.18. The molecule has 1 N–H and O–H groups in total. The highest BCUT2D eigenvalue weighted by molar-refractivity contribution is 5.88. The molecule has 0 bridgehead atoms. The van der Waals surface area contributed by atoms with Crippen molar-refractivity contribution in [3.8, 4) is 16.9 Å². The van der Waals surface area contributed by atoms with Gasteiger partial charge in [0.05, 0.1) is 41.2 Å². The fourth-order valence-electron chi connectivity index (χ4n) is 5.18. The summed E-state index contributed by atoms with van der Waals surface area (Å²) in [6, 6.07) is 14.0. The number of carboxylic acids is 1. The summed E-state index contributed by atoms with van der Waals surface area (Å²) in [5, 5.41) is 9.13. The molecule has 0 radical (unpaired) electrons. The SMILES string of the molecule is CN1CC=CN=C1CN1CCC(n2c(=O)n(-c3ccc(-c4ccc(C(=O)O)cc4)nc3)c3cccnc32)C1. The summed E-state index contributed by atoms with van der Waals surface area (Å²) in [6.45, 7) is 3.23. The first kappa shape index (κ1) is 23.8. The third-order valence-electron chi connectivity index (χ3n) is 7.19. The van der Waals surface area contributed by atoms with Crippen molar-refractivity contribution in [1.29, 1.82) is 0 Å². The monoisotopic (exact) mass is 509 g/mol. The minimum atomic E-state index is -0.971. The average molecular weight is 510 g/mol. The molecule has 1 unspecified atom stereocenters. The van der Waals surface area contributed by atoms with E-state index < -0.39 is 5.97 Å². The van der Waals surface area contributed by atoms with Crippen LogP contribution in [0.25, 0.3) is 28.1 Å². The number of nitrogens with zero attached hydrogens (tertiary/aromatic N) is 7. The second-order valence-electron chi connectivity index (χ2n) is 9.61. The van der Waals surface area contributed by atoms with Gasteiger partial charge in [0, 0.05) is 44.6 Å². The Hall–Kier alpha value is -4.57. The molecule has 10 nitrogen and oxygen atoms in total. The van der Waals surface area contributed by atoms with Crippen LogP contribution in [-0.2, 0) is 0 Å². The van der Waals surface area contributed by atoms with Crippen molar-refractivity contribution in [3.05, 3.63) is 89.2 Å². The van der Waals surface area contributed by atoms with Crippen molar-refractivity contribution in [2.24, 2.45) is 4.99 Å². The number of rotatable bonds is 6. The van der Waals surface area contributed by atoms with Crippen LogP contribution in [0.2, 0.25) is 0 Å². The van der Waals surface area contributed by atoms with Crippen LogP contribution in [0.1, 0.15) is 22.8 Å². The van der Waals surface area contributed by atoms with Gasteiger partial charge in [0.1, 0.15) is 5.84 Å². The molecule has 0 saturated carbocycles. The molecule has 3 aromatic heterocycles. The number of aliphatic imine (C=N–C) groups is 1. The maximum Gasteiger partial charge on any atom is 0.335 e. The smallest absolute Gasteiger partial charge is 0.335 e. The number of likely N-dealkylation sites (tertiary alicyclic amines) is 1. The van der Waals surface area contributed by atoms with Crippen LogP contribution in [0.15, 0.2) is 83.0 Å². The largest absolute Gasteiger partial charge is 0.478 e. The van der Waals surface area contributed by atoms with Crippen molar-refractivity contribution in [2.45, 2.75) is 12.5 Å². The normalized spacial score (nSPS) is 17.8. The Morgan fingerprint density at radius 3 is 2.68 bits per heavy atom. The van der Waals surface area contributed by atoms with Gasteiger partial charge in [0.15, 0.2) is 5.65 Å². The Morgan fingerprint density at radius 2 is 1.95 bits per heavy atom. The Morgan fingerprint density at radius 1 is 1.11 bits per heavy atom. The van der Waals surface area contributed by atoms with E-state index in [2.05, 4.69) is 24.8 Å². The predicted molar refractivity (Wildman–Crippen MR) is 145 cm³/mol. The van der Waals surface area contributed by atoms with Crippen molar-refractivity contribution >= 4 is 23.0 Å². The van der Waals surface area contributed by atoms with Gasteiger partial charge in [0.2, 0.25) is 0 Å². The van der Waals surface area contributed by atoms with Crippen LogP contribution >= 0.6 is 0 Å². The van der Waals surface area contributed by atoms with Gasteiger partial charge in [-0.1, -0.05) is 12.1 Å². The summed E-state index contributed by atoms with van der Waals surface area (Å²) in [4.78, 5) is 43.1. The molecule has 1 saturated heterocycles. The summed E-state index contributed by atoms with van der Waals surface area (Å²) in [5.74, 6) is 0.0617. The molecule has 2 aliphatic rings. The Labute approximate surface area is 218 Å². The summed E-state index contributed by atoms with van der Waals surface area (Å²) >= 11 is 0. The van der Waals surface area contributed by atoms with Gasteiger partial charge >= 0.3 is 11.7 Å². The van der Waals surface area contributed by atoms with Gasteiger partial charge in [0.25, 0.3) is 0 Å². The number of carboxylic acid groups (broad SMARTS) is 1. The van der Waals surface area contributed by atoms with Crippen molar-refractivity contribution in [3.63, 3.8) is 0 Å². The molecule has 1 atom stereocenters. The van der Waals surface area contributed by atoms with E-state index in [1.54, 1.807) is 41.2 Å². The van der Waals surface area contributed by atoms with Gasteiger partial charge in [-0.15, -0.1) is 0 Å². The molecule has 5 heterocycles. The average Bonchev–Trinajstić information content (AvgIpc) is 3.51. The second-order valence-corrected chi connectivity index (χ2v) is 9.61. The van der Waals surface area contributed by atoms with Crippen LogP contribution in [0.3, 0.4) is 0 Å². The van der Waals surface area contributed by atoms with Crippen molar-refractivity contribution in [1.82, 2.24) is 28.9 Å². The van der Waals surface area contributed by atoms with E-state index in [0.717, 1.165) is 49.5 Å². The number of hydrogen-bond acceptors (Lipinski definition) is 7. The highest BCUT2D eigenvalue weighted by atomic mass is 16.4. The zero-order valence-corrected chi connectivity index (χ0v) is 20.9. The number of imidazole rings is 1. The lowest BCUT2D eigenvalue weighted by molar-refractivity contribution is 0.0697. The van der Waals surface area contributed by atoms with Gasteiger partial charge in [-0.3, -0.25) is 19.0 Å². The second kappa shape index (κ2) is 9.71. The zero-order valence-electron chi connectivity index (χ0n) is 20.9. The van der Waals surface area contributed by atoms with Crippen molar-refractivity contribution in [2.75, 3.05) is 33.2 Å². The maximum atomic E-state index is 13.8. The van der Waals surface area contributed by atoms with Gasteiger partial charge in [-0.25, -0.2) is 19.6 Å². The van der Waals surface area contributed by atoms with E-state index in [-0.39, 0.29) is 17.3 Å². The van der Waals surface area contributed by atoms with Crippen LogP contribution in [-0.4, -0.2) is 79.0 Å². The summed E-state index contributed by atoms with van der Waals surface area (Å²) < 4.78 is 3.49. The first-order valence-corrected chi connectivity index (χ1v) is 12.5. The molecule has 10 heteroatoms. The Kier molecular flexibility index (Phi) is 6.09. The summed E-state index contributed by atoms with van der Waals surface area (Å²) in [6.07, 6.45) is 8.13. The molecule has 1 fully saturated rings. The fraction of sp³-hybridized carbons (Fsp3) is 0.250. The van der Waals surface area contributed by atoms with Gasteiger partial charge in [-0.05, 0) is 48.9 Å². The molecule has 0 amide bonds. The van der Waals surface area contributed by atoms with Crippen LogP contribution in [0.4, 0.5) is 0 Å². The molecule has 6 rings (SSSR count). The maximum absolute atomic E-state index is 13.8. The van der Waals surface area contributed by atoms with E-state index in [1.807, 2.05) is 48.2 Å².